The SMILES string of the molecule is CCCNC(=O)C(C)Nc1c(F)cc(Br)cc1F. The van der Waals surface area contributed by atoms with Crippen LogP contribution in [0.5, 0.6) is 0 Å². The molecular weight excluding hydrogens is 306 g/mol. The van der Waals surface area contributed by atoms with E-state index in [1.807, 2.05) is 6.92 Å². The molecule has 0 bridgehead atoms. The van der Waals surface area contributed by atoms with Crippen molar-refractivity contribution in [2.45, 2.75) is 26.3 Å². The standard InChI is InChI=1S/C12H15BrF2N2O/c1-3-4-16-12(18)7(2)17-11-9(14)5-8(13)6-10(11)15/h5-7,17H,3-4H2,1-2H3,(H,16,18). The molecule has 6 heteroatoms. The highest BCUT2D eigenvalue weighted by Gasteiger charge is 2.17. The van der Waals surface area contributed by atoms with Crippen LogP contribution in [-0.2, 0) is 4.79 Å². The molecule has 0 spiro atoms. The third-order valence-corrected chi connectivity index (χ3v) is 2.77. The molecule has 1 amide bonds. The van der Waals surface area contributed by atoms with Crippen molar-refractivity contribution >= 4 is 27.5 Å². The maximum Gasteiger partial charge on any atom is 0.242 e. The lowest BCUT2D eigenvalue weighted by atomic mass is 10.2. The molecule has 1 aromatic carbocycles. The summed E-state index contributed by atoms with van der Waals surface area (Å²) >= 11 is 2.99. The second kappa shape index (κ2) is 6.68. The van der Waals surface area contributed by atoms with Crippen LogP contribution in [-0.4, -0.2) is 18.5 Å². The second-order valence-corrected chi connectivity index (χ2v) is 4.82. The zero-order valence-corrected chi connectivity index (χ0v) is 11.8. The number of carbonyl (C=O) groups excluding carboxylic acids is 1. The summed E-state index contributed by atoms with van der Waals surface area (Å²) in [7, 11) is 0. The number of hydrogen-bond acceptors (Lipinski definition) is 2. The molecule has 3 nitrogen and oxygen atoms in total. The van der Waals surface area contributed by atoms with E-state index in [4.69, 9.17) is 0 Å². The summed E-state index contributed by atoms with van der Waals surface area (Å²) in [5.74, 6) is -1.77. The van der Waals surface area contributed by atoms with Crippen molar-refractivity contribution in [3.05, 3.63) is 28.2 Å². The zero-order valence-electron chi connectivity index (χ0n) is 10.2. The Morgan fingerprint density at radius 1 is 1.39 bits per heavy atom. The van der Waals surface area contributed by atoms with Gasteiger partial charge >= 0.3 is 0 Å². The minimum atomic E-state index is -0.739. The molecule has 2 N–H and O–H groups in total. The normalized spacial score (nSPS) is 12.1. The lowest BCUT2D eigenvalue weighted by molar-refractivity contribution is -0.121. The molecule has 0 saturated carbocycles. The molecule has 0 aliphatic rings. The van der Waals surface area contributed by atoms with E-state index in [0.717, 1.165) is 18.6 Å². The summed E-state index contributed by atoms with van der Waals surface area (Å²) < 4.78 is 27.4. The molecule has 1 unspecified atom stereocenters. The van der Waals surface area contributed by atoms with Crippen LogP contribution in [0.1, 0.15) is 20.3 Å². The summed E-state index contributed by atoms with van der Waals surface area (Å²) in [6.45, 7) is 4.01. The van der Waals surface area contributed by atoms with E-state index < -0.39 is 17.7 Å². The number of benzene rings is 1. The molecule has 0 aliphatic heterocycles. The summed E-state index contributed by atoms with van der Waals surface area (Å²) in [5.41, 5.74) is -0.294. The summed E-state index contributed by atoms with van der Waals surface area (Å²) in [6, 6.07) is 1.58. The van der Waals surface area contributed by atoms with Gasteiger partial charge in [-0.15, -0.1) is 0 Å². The van der Waals surface area contributed by atoms with Crippen LogP contribution in [0.25, 0.3) is 0 Å². The Labute approximate surface area is 113 Å². The Morgan fingerprint density at radius 2 is 1.94 bits per heavy atom. The molecular formula is C12H15BrF2N2O. The van der Waals surface area contributed by atoms with Crippen LogP contribution >= 0.6 is 15.9 Å². The molecule has 100 valence electrons. The molecule has 0 heterocycles. The molecule has 0 aromatic heterocycles. The van der Waals surface area contributed by atoms with Gasteiger partial charge in [0.1, 0.15) is 23.4 Å². The van der Waals surface area contributed by atoms with Crippen LogP contribution in [0.3, 0.4) is 0 Å². The molecule has 1 rings (SSSR count). The fraction of sp³-hybridized carbons (Fsp3) is 0.417. The summed E-state index contributed by atoms with van der Waals surface area (Å²) in [4.78, 5) is 11.6. The van der Waals surface area contributed by atoms with Crippen molar-refractivity contribution in [2.24, 2.45) is 0 Å². The minimum absolute atomic E-state index is 0.293. The fourth-order valence-electron chi connectivity index (χ4n) is 1.36. The largest absolute Gasteiger partial charge is 0.369 e. The van der Waals surface area contributed by atoms with E-state index in [0.29, 0.717) is 11.0 Å². The van der Waals surface area contributed by atoms with Crippen molar-refractivity contribution in [3.63, 3.8) is 0 Å². The molecule has 0 saturated heterocycles. The number of halogens is 3. The monoisotopic (exact) mass is 320 g/mol. The first-order valence-electron chi connectivity index (χ1n) is 5.64. The van der Waals surface area contributed by atoms with E-state index in [-0.39, 0.29) is 11.6 Å². The van der Waals surface area contributed by atoms with Crippen molar-refractivity contribution in [1.29, 1.82) is 0 Å². The topological polar surface area (TPSA) is 41.1 Å². The molecule has 1 aromatic rings. The van der Waals surface area contributed by atoms with Gasteiger partial charge in [-0.2, -0.15) is 0 Å². The van der Waals surface area contributed by atoms with Gasteiger partial charge < -0.3 is 10.6 Å². The van der Waals surface area contributed by atoms with Gasteiger partial charge in [0.25, 0.3) is 0 Å². The van der Waals surface area contributed by atoms with E-state index >= 15 is 0 Å². The Kier molecular flexibility index (Phi) is 5.53. The zero-order chi connectivity index (χ0) is 13.7. The average Bonchev–Trinajstić information content (AvgIpc) is 2.30. The van der Waals surface area contributed by atoms with E-state index in [1.54, 1.807) is 6.92 Å². The Morgan fingerprint density at radius 3 is 2.44 bits per heavy atom. The third kappa shape index (κ3) is 3.94. The quantitative estimate of drug-likeness (QED) is 0.875. The van der Waals surface area contributed by atoms with Crippen LogP contribution < -0.4 is 10.6 Å². The third-order valence-electron chi connectivity index (χ3n) is 2.31. The van der Waals surface area contributed by atoms with Gasteiger partial charge in [-0.1, -0.05) is 22.9 Å². The number of anilines is 1. The number of hydrogen-bond donors (Lipinski definition) is 2. The second-order valence-electron chi connectivity index (χ2n) is 3.90. The predicted molar refractivity (Wildman–Crippen MR) is 70.4 cm³/mol. The van der Waals surface area contributed by atoms with Gasteiger partial charge in [0.05, 0.1) is 0 Å². The molecule has 0 aliphatic carbocycles. The predicted octanol–water partition coefficient (Wildman–Crippen LogP) is 3.05. The number of carbonyl (C=O) groups is 1. The maximum atomic E-state index is 13.5. The highest BCUT2D eigenvalue weighted by atomic mass is 79.9. The number of amides is 1. The van der Waals surface area contributed by atoms with Crippen LogP contribution in [0.15, 0.2) is 16.6 Å². The molecule has 1 atom stereocenters. The molecule has 0 fully saturated rings. The van der Waals surface area contributed by atoms with Gasteiger partial charge in [-0.25, -0.2) is 8.78 Å². The van der Waals surface area contributed by atoms with Gasteiger partial charge in [0.2, 0.25) is 5.91 Å². The lowest BCUT2D eigenvalue weighted by Gasteiger charge is -2.16. The lowest BCUT2D eigenvalue weighted by Crippen LogP contribution is -2.38. The van der Waals surface area contributed by atoms with Gasteiger partial charge in [-0.05, 0) is 25.5 Å². The van der Waals surface area contributed by atoms with Crippen molar-refractivity contribution in [2.75, 3.05) is 11.9 Å². The van der Waals surface area contributed by atoms with Gasteiger partial charge in [0.15, 0.2) is 0 Å². The van der Waals surface area contributed by atoms with Crippen LogP contribution in [0, 0.1) is 11.6 Å². The van der Waals surface area contributed by atoms with Crippen molar-refractivity contribution in [1.82, 2.24) is 5.32 Å². The van der Waals surface area contributed by atoms with E-state index in [2.05, 4.69) is 26.6 Å². The van der Waals surface area contributed by atoms with Gasteiger partial charge in [-0.3, -0.25) is 4.79 Å². The fourth-order valence-corrected chi connectivity index (χ4v) is 1.77. The maximum absolute atomic E-state index is 13.5. The first-order valence-corrected chi connectivity index (χ1v) is 6.43. The summed E-state index contributed by atoms with van der Waals surface area (Å²) in [6.07, 6.45) is 0.805. The molecule has 18 heavy (non-hydrogen) atoms. The minimum Gasteiger partial charge on any atom is -0.369 e. The number of rotatable bonds is 5. The first-order chi connectivity index (χ1) is 8.45. The summed E-state index contributed by atoms with van der Waals surface area (Å²) in [5, 5.41) is 5.18. The Bertz CT molecular complexity index is 417. The highest BCUT2D eigenvalue weighted by molar-refractivity contribution is 9.10. The number of nitrogens with one attached hydrogen (secondary N) is 2. The molecule has 0 radical (unpaired) electrons. The van der Waals surface area contributed by atoms with Gasteiger partial charge in [0, 0.05) is 11.0 Å². The van der Waals surface area contributed by atoms with E-state index in [9.17, 15) is 13.6 Å². The van der Waals surface area contributed by atoms with Crippen LogP contribution in [0.4, 0.5) is 14.5 Å². The Hall–Kier alpha value is -1.17. The smallest absolute Gasteiger partial charge is 0.242 e. The average molecular weight is 321 g/mol. The Balaban J connectivity index is 2.75. The highest BCUT2D eigenvalue weighted by Crippen LogP contribution is 2.24. The first kappa shape index (κ1) is 14.9. The van der Waals surface area contributed by atoms with Crippen molar-refractivity contribution < 1.29 is 13.6 Å². The van der Waals surface area contributed by atoms with E-state index in [1.165, 1.54) is 0 Å². The van der Waals surface area contributed by atoms with Crippen LogP contribution in [0.2, 0.25) is 0 Å². The van der Waals surface area contributed by atoms with Crippen molar-refractivity contribution in [3.8, 4) is 0 Å².